The summed E-state index contributed by atoms with van der Waals surface area (Å²) in [5.74, 6) is -0.434. The molecule has 2 atom stereocenters. The van der Waals surface area contributed by atoms with E-state index in [4.69, 9.17) is 9.47 Å². The maximum absolute atomic E-state index is 12.8. The lowest BCUT2D eigenvalue weighted by Gasteiger charge is -2.33. The average molecular weight is 423 g/mol. The number of carbonyl (C=O) groups is 1. The van der Waals surface area contributed by atoms with Crippen LogP contribution in [0.4, 0.5) is 5.95 Å². The maximum atomic E-state index is 12.8. The standard InChI is InChI=1S/C17H19BrN4O4/c1-8(2)26-16(24)13-9(3)21-17-19-7-20-22(17)14(13)10-5-11(18)15(23)12(6-10)25-4/h5-8,13-14,23H,3H2,1-2,4H3,(H,19,20,21). The van der Waals surface area contributed by atoms with Crippen LogP contribution >= 0.6 is 15.9 Å². The number of anilines is 1. The number of esters is 1. The second kappa shape index (κ2) is 6.99. The van der Waals surface area contributed by atoms with Gasteiger partial charge in [-0.15, -0.1) is 0 Å². The van der Waals surface area contributed by atoms with Gasteiger partial charge in [-0.05, 0) is 47.5 Å². The van der Waals surface area contributed by atoms with Gasteiger partial charge in [-0.3, -0.25) is 4.79 Å². The van der Waals surface area contributed by atoms with Crippen molar-refractivity contribution in [1.82, 2.24) is 14.8 Å². The highest BCUT2D eigenvalue weighted by atomic mass is 79.9. The van der Waals surface area contributed by atoms with Crippen molar-refractivity contribution in [3.63, 3.8) is 0 Å². The first-order chi connectivity index (χ1) is 12.3. The molecule has 2 N–H and O–H groups in total. The molecular weight excluding hydrogens is 404 g/mol. The number of hydrogen-bond donors (Lipinski definition) is 2. The molecule has 0 saturated carbocycles. The largest absolute Gasteiger partial charge is 0.503 e. The number of nitrogens with zero attached hydrogens (tertiary/aromatic N) is 3. The Bertz CT molecular complexity index is 864. The minimum Gasteiger partial charge on any atom is -0.503 e. The minimum atomic E-state index is -0.729. The van der Waals surface area contributed by atoms with E-state index in [-0.39, 0.29) is 17.6 Å². The smallest absolute Gasteiger partial charge is 0.317 e. The first-order valence-electron chi connectivity index (χ1n) is 7.95. The predicted octanol–water partition coefficient (Wildman–Crippen LogP) is 2.85. The molecule has 0 bridgehead atoms. The van der Waals surface area contributed by atoms with Gasteiger partial charge < -0.3 is 19.9 Å². The van der Waals surface area contributed by atoms with Crippen molar-refractivity contribution in [2.45, 2.75) is 26.0 Å². The lowest BCUT2D eigenvalue weighted by molar-refractivity contribution is -0.152. The number of ether oxygens (including phenoxy) is 2. The van der Waals surface area contributed by atoms with Crippen LogP contribution in [0.25, 0.3) is 0 Å². The SMILES string of the molecule is C=C1Nc2ncnn2C(c2cc(Br)c(O)c(OC)c2)C1C(=O)OC(C)C. The number of hydrogen-bond acceptors (Lipinski definition) is 7. The van der Waals surface area contributed by atoms with Gasteiger partial charge in [0.25, 0.3) is 0 Å². The number of fused-ring (bicyclic) bond motifs is 1. The summed E-state index contributed by atoms with van der Waals surface area (Å²) in [7, 11) is 1.46. The molecule has 0 saturated heterocycles. The van der Waals surface area contributed by atoms with Crippen molar-refractivity contribution >= 4 is 27.8 Å². The Kier molecular flexibility index (Phi) is 4.90. The van der Waals surface area contributed by atoms with E-state index in [9.17, 15) is 9.90 Å². The van der Waals surface area contributed by atoms with Gasteiger partial charge in [-0.2, -0.15) is 10.1 Å². The zero-order chi connectivity index (χ0) is 19.0. The molecule has 9 heteroatoms. The molecule has 0 spiro atoms. The molecular formula is C17H19BrN4O4. The monoisotopic (exact) mass is 422 g/mol. The lowest BCUT2D eigenvalue weighted by Crippen LogP contribution is -2.38. The van der Waals surface area contributed by atoms with Crippen LogP contribution < -0.4 is 10.1 Å². The summed E-state index contributed by atoms with van der Waals surface area (Å²) in [4.78, 5) is 16.9. The van der Waals surface area contributed by atoms with Crippen molar-refractivity contribution in [3.8, 4) is 11.5 Å². The number of carbonyl (C=O) groups excluding carboxylic acids is 1. The van der Waals surface area contributed by atoms with Gasteiger partial charge in [0.2, 0.25) is 5.95 Å². The summed E-state index contributed by atoms with van der Waals surface area (Å²) < 4.78 is 12.7. The second-order valence-electron chi connectivity index (χ2n) is 6.14. The highest BCUT2D eigenvalue weighted by Crippen LogP contribution is 2.43. The summed E-state index contributed by atoms with van der Waals surface area (Å²) in [6, 6.07) is 2.81. The molecule has 1 aliphatic heterocycles. The average Bonchev–Trinajstić information content (AvgIpc) is 3.03. The number of halogens is 1. The molecule has 2 aromatic rings. The molecule has 0 radical (unpaired) electrons. The molecule has 0 amide bonds. The van der Waals surface area contributed by atoms with Gasteiger partial charge in [0.05, 0.1) is 23.7 Å². The normalized spacial score (nSPS) is 19.0. The fraction of sp³-hybridized carbons (Fsp3) is 0.353. The second-order valence-corrected chi connectivity index (χ2v) is 6.99. The summed E-state index contributed by atoms with van der Waals surface area (Å²) in [6.45, 7) is 7.54. The Balaban J connectivity index is 2.15. The molecule has 1 aliphatic rings. The van der Waals surface area contributed by atoms with Crippen molar-refractivity contribution in [2.24, 2.45) is 5.92 Å². The number of rotatable bonds is 4. The maximum Gasteiger partial charge on any atom is 0.317 e. The van der Waals surface area contributed by atoms with E-state index in [1.807, 2.05) is 0 Å². The minimum absolute atomic E-state index is 0.0240. The number of phenolic OH excluding ortho intramolecular Hbond substituents is 1. The Hall–Kier alpha value is -2.55. The van der Waals surface area contributed by atoms with E-state index >= 15 is 0 Å². The number of aromatic nitrogens is 3. The van der Waals surface area contributed by atoms with Gasteiger partial charge in [-0.25, -0.2) is 4.68 Å². The first-order valence-corrected chi connectivity index (χ1v) is 8.75. The first kappa shape index (κ1) is 18.2. The van der Waals surface area contributed by atoms with Gasteiger partial charge in [0.1, 0.15) is 12.2 Å². The van der Waals surface area contributed by atoms with Crippen LogP contribution in [0.5, 0.6) is 11.5 Å². The highest BCUT2D eigenvalue weighted by molar-refractivity contribution is 9.10. The predicted molar refractivity (Wildman–Crippen MR) is 98.0 cm³/mol. The van der Waals surface area contributed by atoms with Crippen molar-refractivity contribution in [1.29, 1.82) is 0 Å². The summed E-state index contributed by atoms with van der Waals surface area (Å²) in [5, 5.41) is 17.3. The van der Waals surface area contributed by atoms with Crippen LogP contribution in [0.3, 0.4) is 0 Å². The Morgan fingerprint density at radius 3 is 2.85 bits per heavy atom. The molecule has 138 valence electrons. The van der Waals surface area contributed by atoms with Crippen LogP contribution in [-0.4, -0.2) is 39.1 Å². The molecule has 2 unspecified atom stereocenters. The van der Waals surface area contributed by atoms with E-state index in [0.717, 1.165) is 0 Å². The van der Waals surface area contributed by atoms with Crippen LogP contribution in [0.15, 0.2) is 35.2 Å². The number of aromatic hydroxyl groups is 1. The zero-order valence-corrected chi connectivity index (χ0v) is 16.1. The van der Waals surface area contributed by atoms with Crippen LogP contribution in [0, 0.1) is 5.92 Å². The van der Waals surface area contributed by atoms with E-state index < -0.39 is 17.9 Å². The van der Waals surface area contributed by atoms with Crippen molar-refractivity contribution < 1.29 is 19.4 Å². The topological polar surface area (TPSA) is 98.5 Å². The van der Waals surface area contributed by atoms with E-state index in [1.54, 1.807) is 30.7 Å². The Morgan fingerprint density at radius 1 is 1.46 bits per heavy atom. The van der Waals surface area contributed by atoms with Gasteiger partial charge >= 0.3 is 5.97 Å². The molecule has 2 heterocycles. The van der Waals surface area contributed by atoms with Gasteiger partial charge in [0, 0.05) is 5.70 Å². The molecule has 26 heavy (non-hydrogen) atoms. The van der Waals surface area contributed by atoms with Gasteiger partial charge in [0.15, 0.2) is 11.5 Å². The lowest BCUT2D eigenvalue weighted by atomic mass is 9.89. The summed E-state index contributed by atoms with van der Waals surface area (Å²) >= 11 is 3.32. The number of methoxy groups -OCH3 is 1. The van der Waals surface area contributed by atoms with Crippen LogP contribution in [0.1, 0.15) is 25.5 Å². The third-order valence-electron chi connectivity index (χ3n) is 4.02. The summed E-state index contributed by atoms with van der Waals surface area (Å²) in [6.07, 6.45) is 1.13. The highest BCUT2D eigenvalue weighted by Gasteiger charge is 2.41. The van der Waals surface area contributed by atoms with Crippen molar-refractivity contribution in [3.05, 3.63) is 40.8 Å². The molecule has 0 fully saturated rings. The number of benzene rings is 1. The van der Waals surface area contributed by atoms with Gasteiger partial charge in [-0.1, -0.05) is 6.58 Å². The number of phenols is 1. The third kappa shape index (κ3) is 3.14. The molecule has 3 rings (SSSR count). The van der Waals surface area contributed by atoms with E-state index in [1.165, 1.54) is 13.4 Å². The van der Waals surface area contributed by atoms with Crippen LogP contribution in [-0.2, 0) is 9.53 Å². The summed E-state index contributed by atoms with van der Waals surface area (Å²) in [5.41, 5.74) is 1.15. The fourth-order valence-corrected chi connectivity index (χ4v) is 3.39. The molecule has 1 aromatic carbocycles. The Labute approximate surface area is 159 Å². The van der Waals surface area contributed by atoms with Crippen LogP contribution in [0.2, 0.25) is 0 Å². The molecule has 8 nitrogen and oxygen atoms in total. The van der Waals surface area contributed by atoms with Crippen molar-refractivity contribution in [2.75, 3.05) is 12.4 Å². The fourth-order valence-electron chi connectivity index (χ4n) is 2.93. The zero-order valence-electron chi connectivity index (χ0n) is 14.6. The third-order valence-corrected chi connectivity index (χ3v) is 4.62. The quantitative estimate of drug-likeness (QED) is 0.730. The molecule has 0 aliphatic carbocycles. The van der Waals surface area contributed by atoms with E-state index in [0.29, 0.717) is 21.7 Å². The Morgan fingerprint density at radius 2 is 2.19 bits per heavy atom. The number of nitrogens with one attached hydrogen (secondary N) is 1. The van der Waals surface area contributed by atoms with E-state index in [2.05, 4.69) is 37.9 Å². The molecule has 1 aromatic heterocycles.